The summed E-state index contributed by atoms with van der Waals surface area (Å²) in [5.41, 5.74) is 1.36. The fourth-order valence-corrected chi connectivity index (χ4v) is 1.71. The highest BCUT2D eigenvalue weighted by Crippen LogP contribution is 2.22. The fraction of sp³-hybridized carbons (Fsp3) is 0.267. The van der Waals surface area contributed by atoms with Crippen molar-refractivity contribution < 1.29 is 19.0 Å². The molecule has 1 aromatic heterocycles. The second kappa shape index (κ2) is 7.94. The average Bonchev–Trinajstić information content (AvgIpc) is 2.56. The highest BCUT2D eigenvalue weighted by molar-refractivity contribution is 5.92. The molecule has 116 valence electrons. The Morgan fingerprint density at radius 2 is 1.95 bits per heavy atom. The first kappa shape index (κ1) is 15.7. The van der Waals surface area contributed by atoms with E-state index < -0.39 is 0 Å². The summed E-state index contributed by atoms with van der Waals surface area (Å²) in [7, 11) is 2.90. The number of hydrogen-bond acceptors (Lipinski definition) is 6. The molecule has 1 aromatic carbocycles. The summed E-state index contributed by atoms with van der Waals surface area (Å²) in [6.07, 6.45) is 1.42. The van der Waals surface area contributed by atoms with E-state index in [2.05, 4.69) is 15.3 Å². The van der Waals surface area contributed by atoms with Crippen LogP contribution in [0.5, 0.6) is 11.9 Å². The van der Waals surface area contributed by atoms with Crippen LogP contribution in [0.25, 0.3) is 0 Å². The van der Waals surface area contributed by atoms with E-state index in [1.807, 2.05) is 30.3 Å². The number of ether oxygens (including phenoxy) is 3. The maximum atomic E-state index is 11.8. The fourth-order valence-electron chi connectivity index (χ4n) is 1.71. The normalized spacial score (nSPS) is 10.1. The standard InChI is InChI=1S/C15H17N3O4/c1-20-14-12(8-16-15(18-14)21-2)17-13(19)10-22-9-11-6-4-3-5-7-11/h3-8H,9-10H2,1-2H3,(H,17,19). The Hall–Kier alpha value is -2.67. The molecule has 0 bridgehead atoms. The highest BCUT2D eigenvalue weighted by Gasteiger charge is 2.11. The number of nitrogens with one attached hydrogen (secondary N) is 1. The maximum absolute atomic E-state index is 11.8. The third kappa shape index (κ3) is 4.42. The van der Waals surface area contributed by atoms with E-state index in [-0.39, 0.29) is 24.4 Å². The molecule has 0 aliphatic heterocycles. The SMILES string of the molecule is COc1ncc(NC(=O)COCc2ccccc2)c(OC)n1. The minimum absolute atomic E-state index is 0.0793. The van der Waals surface area contributed by atoms with Crippen LogP contribution < -0.4 is 14.8 Å². The van der Waals surface area contributed by atoms with E-state index >= 15 is 0 Å². The molecule has 7 heteroatoms. The van der Waals surface area contributed by atoms with Gasteiger partial charge in [0, 0.05) is 0 Å². The molecule has 0 unspecified atom stereocenters. The number of hydrogen-bond donors (Lipinski definition) is 1. The van der Waals surface area contributed by atoms with Gasteiger partial charge in [-0.3, -0.25) is 4.79 Å². The number of methoxy groups -OCH3 is 2. The first-order chi connectivity index (χ1) is 10.7. The Balaban J connectivity index is 1.86. The van der Waals surface area contributed by atoms with Gasteiger partial charge in [0.1, 0.15) is 12.3 Å². The van der Waals surface area contributed by atoms with Crippen LogP contribution in [0.15, 0.2) is 36.5 Å². The predicted octanol–water partition coefficient (Wildman–Crippen LogP) is 1.65. The Kier molecular flexibility index (Phi) is 5.67. The van der Waals surface area contributed by atoms with Gasteiger partial charge in [0.25, 0.3) is 5.91 Å². The van der Waals surface area contributed by atoms with Crippen LogP contribution in [0.1, 0.15) is 5.56 Å². The van der Waals surface area contributed by atoms with Gasteiger partial charge in [-0.25, -0.2) is 4.98 Å². The quantitative estimate of drug-likeness (QED) is 0.837. The van der Waals surface area contributed by atoms with Gasteiger partial charge in [-0.05, 0) is 5.56 Å². The lowest BCUT2D eigenvalue weighted by molar-refractivity contribution is -0.121. The monoisotopic (exact) mass is 303 g/mol. The van der Waals surface area contributed by atoms with Gasteiger partial charge >= 0.3 is 6.01 Å². The van der Waals surface area contributed by atoms with E-state index in [1.54, 1.807) is 0 Å². The van der Waals surface area contributed by atoms with Gasteiger partial charge in [0.2, 0.25) is 5.88 Å². The lowest BCUT2D eigenvalue weighted by Crippen LogP contribution is -2.19. The van der Waals surface area contributed by atoms with Crippen molar-refractivity contribution >= 4 is 11.6 Å². The Morgan fingerprint density at radius 1 is 1.18 bits per heavy atom. The summed E-state index contributed by atoms with van der Waals surface area (Å²) in [5.74, 6) is -0.0914. The van der Waals surface area contributed by atoms with Gasteiger partial charge in [-0.2, -0.15) is 4.98 Å². The van der Waals surface area contributed by atoms with Crippen LogP contribution in [-0.2, 0) is 16.1 Å². The maximum Gasteiger partial charge on any atom is 0.319 e. The Bertz CT molecular complexity index is 619. The van der Waals surface area contributed by atoms with E-state index in [9.17, 15) is 4.79 Å². The zero-order valence-corrected chi connectivity index (χ0v) is 12.4. The molecular weight excluding hydrogens is 286 g/mol. The molecule has 0 fully saturated rings. The molecular formula is C15H17N3O4. The minimum Gasteiger partial charge on any atom is -0.479 e. The molecule has 0 atom stereocenters. The summed E-state index contributed by atoms with van der Waals surface area (Å²) in [5, 5.41) is 2.63. The number of carbonyl (C=O) groups excluding carboxylic acids is 1. The van der Waals surface area contributed by atoms with E-state index in [0.29, 0.717) is 12.3 Å². The van der Waals surface area contributed by atoms with E-state index in [4.69, 9.17) is 14.2 Å². The molecule has 1 heterocycles. The van der Waals surface area contributed by atoms with Crippen molar-refractivity contribution in [3.63, 3.8) is 0 Å². The van der Waals surface area contributed by atoms with Crippen LogP contribution in [-0.4, -0.2) is 36.7 Å². The molecule has 1 N–H and O–H groups in total. The van der Waals surface area contributed by atoms with Crippen molar-refractivity contribution in [1.29, 1.82) is 0 Å². The van der Waals surface area contributed by atoms with Gasteiger partial charge in [0.15, 0.2) is 0 Å². The molecule has 0 saturated carbocycles. The van der Waals surface area contributed by atoms with Gasteiger partial charge in [0.05, 0.1) is 27.0 Å². The molecule has 0 spiro atoms. The molecule has 2 rings (SSSR count). The third-order valence-electron chi connectivity index (χ3n) is 2.73. The van der Waals surface area contributed by atoms with E-state index in [0.717, 1.165) is 5.56 Å². The van der Waals surface area contributed by atoms with Gasteiger partial charge in [-0.1, -0.05) is 30.3 Å². The van der Waals surface area contributed by atoms with Crippen LogP contribution in [0.3, 0.4) is 0 Å². The van der Waals surface area contributed by atoms with Crippen molar-refractivity contribution in [2.45, 2.75) is 6.61 Å². The summed E-state index contributed by atoms with van der Waals surface area (Å²) in [6.45, 7) is 0.286. The highest BCUT2D eigenvalue weighted by atomic mass is 16.5. The molecule has 7 nitrogen and oxygen atoms in total. The molecule has 1 amide bonds. The molecule has 2 aromatic rings. The minimum atomic E-state index is -0.317. The molecule has 0 aliphatic carbocycles. The van der Waals surface area contributed by atoms with Crippen LogP contribution in [0.4, 0.5) is 5.69 Å². The van der Waals surface area contributed by atoms with Crippen molar-refractivity contribution in [1.82, 2.24) is 9.97 Å². The topological polar surface area (TPSA) is 82.6 Å². The Labute approximate surface area is 128 Å². The zero-order valence-electron chi connectivity index (χ0n) is 12.4. The van der Waals surface area contributed by atoms with Gasteiger partial charge < -0.3 is 19.5 Å². The number of amides is 1. The second-order valence-corrected chi connectivity index (χ2v) is 4.31. The zero-order chi connectivity index (χ0) is 15.8. The number of anilines is 1. The van der Waals surface area contributed by atoms with Crippen LogP contribution in [0, 0.1) is 0 Å². The van der Waals surface area contributed by atoms with Gasteiger partial charge in [-0.15, -0.1) is 0 Å². The summed E-state index contributed by atoms with van der Waals surface area (Å²) in [4.78, 5) is 19.7. The number of carbonyl (C=O) groups is 1. The van der Waals surface area contributed by atoms with Crippen molar-refractivity contribution in [2.24, 2.45) is 0 Å². The first-order valence-corrected chi connectivity index (χ1v) is 6.59. The van der Waals surface area contributed by atoms with E-state index in [1.165, 1.54) is 20.4 Å². The number of benzene rings is 1. The van der Waals surface area contributed by atoms with Crippen LogP contribution in [0.2, 0.25) is 0 Å². The molecule has 22 heavy (non-hydrogen) atoms. The Morgan fingerprint density at radius 3 is 2.64 bits per heavy atom. The third-order valence-corrected chi connectivity index (χ3v) is 2.73. The summed E-state index contributed by atoms with van der Waals surface area (Å²) in [6, 6.07) is 9.77. The predicted molar refractivity (Wildman–Crippen MR) is 79.9 cm³/mol. The molecule has 0 saturated heterocycles. The van der Waals surface area contributed by atoms with Crippen LogP contribution >= 0.6 is 0 Å². The van der Waals surface area contributed by atoms with Crippen molar-refractivity contribution in [2.75, 3.05) is 26.1 Å². The number of aromatic nitrogens is 2. The van der Waals surface area contributed by atoms with Crippen molar-refractivity contribution in [3.05, 3.63) is 42.1 Å². The lowest BCUT2D eigenvalue weighted by Gasteiger charge is -2.10. The lowest BCUT2D eigenvalue weighted by atomic mass is 10.2. The average molecular weight is 303 g/mol. The second-order valence-electron chi connectivity index (χ2n) is 4.31. The largest absolute Gasteiger partial charge is 0.479 e. The smallest absolute Gasteiger partial charge is 0.319 e. The molecule has 0 radical (unpaired) electrons. The number of nitrogens with zero attached hydrogens (tertiary/aromatic N) is 2. The number of rotatable bonds is 7. The summed E-state index contributed by atoms with van der Waals surface area (Å²) >= 11 is 0. The summed E-state index contributed by atoms with van der Waals surface area (Å²) < 4.78 is 15.3. The molecule has 0 aliphatic rings. The first-order valence-electron chi connectivity index (χ1n) is 6.59. The van der Waals surface area contributed by atoms with Crippen molar-refractivity contribution in [3.8, 4) is 11.9 Å².